The fraction of sp³-hybridized carbons (Fsp3) is 0.500. The van der Waals surface area contributed by atoms with Crippen molar-refractivity contribution >= 4 is 6.09 Å². The second-order valence-corrected chi connectivity index (χ2v) is 4.89. The number of carbonyl (C=O) groups is 1. The Hall–Kier alpha value is -1.72. The molecule has 1 aromatic rings. The fourth-order valence-electron chi connectivity index (χ4n) is 2.29. The van der Waals surface area contributed by atoms with Crippen LogP contribution in [0, 0.1) is 0 Å². The molecule has 1 aromatic carbocycles. The van der Waals surface area contributed by atoms with Crippen LogP contribution in [-0.2, 0) is 17.5 Å². The molecule has 1 saturated heterocycles. The monoisotopic (exact) mass is 287 g/mol. The van der Waals surface area contributed by atoms with Crippen LogP contribution in [0.2, 0.25) is 0 Å². The highest BCUT2D eigenvalue weighted by atomic mass is 19.4. The van der Waals surface area contributed by atoms with E-state index in [9.17, 15) is 18.0 Å². The first-order chi connectivity index (χ1) is 9.32. The molecule has 0 saturated carbocycles. The number of hydrogen-bond donors (Lipinski definition) is 0. The van der Waals surface area contributed by atoms with Gasteiger partial charge in [-0.1, -0.05) is 19.1 Å². The molecule has 0 aromatic heterocycles. The van der Waals surface area contributed by atoms with Crippen molar-refractivity contribution in [2.75, 3.05) is 0 Å². The number of benzene rings is 1. The molecule has 1 aliphatic rings. The van der Waals surface area contributed by atoms with Crippen molar-refractivity contribution < 1.29 is 22.7 Å². The Labute approximate surface area is 115 Å². The minimum absolute atomic E-state index is 0.0743. The number of alkyl halides is 3. The van der Waals surface area contributed by atoms with Gasteiger partial charge in [-0.25, -0.2) is 4.79 Å². The van der Waals surface area contributed by atoms with Crippen LogP contribution in [0.4, 0.5) is 18.0 Å². The molecule has 1 amide bonds. The first-order valence-corrected chi connectivity index (χ1v) is 6.46. The highest BCUT2D eigenvalue weighted by Crippen LogP contribution is 2.30. The molecule has 0 unspecified atom stereocenters. The van der Waals surface area contributed by atoms with Crippen LogP contribution in [0.3, 0.4) is 0 Å². The molecule has 0 N–H and O–H groups in total. The van der Waals surface area contributed by atoms with E-state index in [-0.39, 0.29) is 18.7 Å². The van der Waals surface area contributed by atoms with Crippen molar-refractivity contribution in [3.05, 3.63) is 35.4 Å². The van der Waals surface area contributed by atoms with E-state index in [1.807, 2.05) is 13.8 Å². The highest BCUT2D eigenvalue weighted by Gasteiger charge is 2.37. The summed E-state index contributed by atoms with van der Waals surface area (Å²) < 4.78 is 42.6. The van der Waals surface area contributed by atoms with E-state index in [1.54, 1.807) is 0 Å². The summed E-state index contributed by atoms with van der Waals surface area (Å²) in [5, 5.41) is 0. The summed E-state index contributed by atoms with van der Waals surface area (Å²) in [4.78, 5) is 13.2. The van der Waals surface area contributed by atoms with Gasteiger partial charge < -0.3 is 4.74 Å². The van der Waals surface area contributed by atoms with Crippen molar-refractivity contribution in [3.8, 4) is 0 Å². The van der Waals surface area contributed by atoms with Crippen molar-refractivity contribution in [1.29, 1.82) is 0 Å². The summed E-state index contributed by atoms with van der Waals surface area (Å²) in [6, 6.07) is 4.76. The number of amides is 1. The van der Waals surface area contributed by atoms with Crippen LogP contribution < -0.4 is 0 Å². The van der Waals surface area contributed by atoms with Crippen LogP contribution in [0.25, 0.3) is 0 Å². The second kappa shape index (κ2) is 5.34. The van der Waals surface area contributed by atoms with Crippen LogP contribution in [0.5, 0.6) is 0 Å². The Morgan fingerprint density at radius 2 is 1.85 bits per heavy atom. The van der Waals surface area contributed by atoms with Gasteiger partial charge in [0, 0.05) is 6.54 Å². The number of carbonyl (C=O) groups excluding carboxylic acids is 1. The first kappa shape index (κ1) is 14.7. The lowest BCUT2D eigenvalue weighted by Gasteiger charge is -2.20. The zero-order valence-corrected chi connectivity index (χ0v) is 11.3. The molecule has 1 aliphatic heterocycles. The molecular formula is C14H16F3NO2. The molecule has 1 heterocycles. The van der Waals surface area contributed by atoms with E-state index in [0.717, 1.165) is 18.6 Å². The number of nitrogens with zero attached hydrogens (tertiary/aromatic N) is 1. The Morgan fingerprint density at radius 1 is 1.25 bits per heavy atom. The van der Waals surface area contributed by atoms with Gasteiger partial charge in [0.25, 0.3) is 0 Å². The van der Waals surface area contributed by atoms with Crippen molar-refractivity contribution in [2.45, 2.75) is 45.1 Å². The average Bonchev–Trinajstić information content (AvgIpc) is 2.66. The third kappa shape index (κ3) is 2.89. The predicted molar refractivity (Wildman–Crippen MR) is 67.0 cm³/mol. The lowest BCUT2D eigenvalue weighted by molar-refractivity contribution is -0.137. The Balaban J connectivity index is 2.09. The number of halogens is 3. The van der Waals surface area contributed by atoms with Gasteiger partial charge in [0.05, 0.1) is 11.6 Å². The van der Waals surface area contributed by atoms with Crippen LogP contribution >= 0.6 is 0 Å². The zero-order valence-electron chi connectivity index (χ0n) is 11.3. The molecule has 0 spiro atoms. The lowest BCUT2D eigenvalue weighted by atomic mass is 10.1. The number of cyclic esters (lactones) is 1. The van der Waals surface area contributed by atoms with E-state index < -0.39 is 17.8 Å². The Bertz CT molecular complexity index is 484. The first-order valence-electron chi connectivity index (χ1n) is 6.46. The van der Waals surface area contributed by atoms with Crippen molar-refractivity contribution in [2.24, 2.45) is 0 Å². The van der Waals surface area contributed by atoms with E-state index in [4.69, 9.17) is 4.74 Å². The Morgan fingerprint density at radius 3 is 2.30 bits per heavy atom. The van der Waals surface area contributed by atoms with Crippen molar-refractivity contribution in [3.63, 3.8) is 0 Å². The second-order valence-electron chi connectivity index (χ2n) is 4.89. The molecule has 1 fully saturated rings. The minimum atomic E-state index is -4.34. The maximum Gasteiger partial charge on any atom is 0.416 e. The largest absolute Gasteiger partial charge is 0.444 e. The fourth-order valence-corrected chi connectivity index (χ4v) is 2.29. The van der Waals surface area contributed by atoms with E-state index in [1.165, 1.54) is 17.0 Å². The predicted octanol–water partition coefficient (Wildman–Crippen LogP) is 3.82. The summed E-state index contributed by atoms with van der Waals surface area (Å²) in [6.45, 7) is 4.06. The molecule has 0 radical (unpaired) electrons. The third-order valence-corrected chi connectivity index (χ3v) is 3.55. The van der Waals surface area contributed by atoms with Crippen LogP contribution in [0.15, 0.2) is 24.3 Å². The number of rotatable bonds is 3. The molecular weight excluding hydrogens is 271 g/mol. The van der Waals surface area contributed by atoms with Gasteiger partial charge in [-0.2, -0.15) is 13.2 Å². The van der Waals surface area contributed by atoms with Crippen LogP contribution in [0.1, 0.15) is 31.4 Å². The van der Waals surface area contributed by atoms with Gasteiger partial charge in [0.15, 0.2) is 0 Å². The summed E-state index contributed by atoms with van der Waals surface area (Å²) >= 11 is 0. The zero-order chi connectivity index (χ0) is 14.9. The molecule has 6 heteroatoms. The van der Waals surface area contributed by atoms with E-state index in [0.29, 0.717) is 5.56 Å². The van der Waals surface area contributed by atoms with Crippen LogP contribution in [-0.4, -0.2) is 23.1 Å². The molecule has 3 nitrogen and oxygen atoms in total. The third-order valence-electron chi connectivity index (χ3n) is 3.55. The lowest BCUT2D eigenvalue weighted by Crippen LogP contribution is -2.33. The van der Waals surface area contributed by atoms with Gasteiger partial charge in [-0.05, 0) is 31.0 Å². The Kier molecular flexibility index (Phi) is 3.92. The number of hydrogen-bond acceptors (Lipinski definition) is 2. The van der Waals surface area contributed by atoms with Gasteiger partial charge in [-0.3, -0.25) is 4.90 Å². The minimum Gasteiger partial charge on any atom is -0.444 e. The smallest absolute Gasteiger partial charge is 0.416 e. The van der Waals surface area contributed by atoms with E-state index >= 15 is 0 Å². The molecule has 110 valence electrons. The summed E-state index contributed by atoms with van der Waals surface area (Å²) in [6.07, 6.45) is -4.19. The van der Waals surface area contributed by atoms with Gasteiger partial charge in [0.1, 0.15) is 6.10 Å². The molecule has 20 heavy (non-hydrogen) atoms. The summed E-state index contributed by atoms with van der Waals surface area (Å²) in [5.74, 6) is 0. The van der Waals surface area contributed by atoms with Gasteiger partial charge in [-0.15, -0.1) is 0 Å². The molecule has 2 rings (SSSR count). The van der Waals surface area contributed by atoms with Gasteiger partial charge in [0.2, 0.25) is 0 Å². The topological polar surface area (TPSA) is 29.5 Å². The molecule has 2 atom stereocenters. The maximum atomic E-state index is 12.5. The molecule has 0 bridgehead atoms. The average molecular weight is 287 g/mol. The standard InChI is InChI=1S/C14H16F3NO2/c1-3-12-9(2)18(13(19)20-12)8-10-4-6-11(7-5-10)14(15,16)17/h4-7,9,12H,3,8H2,1-2H3/t9-,12-/m1/s1. The quantitative estimate of drug-likeness (QED) is 0.845. The molecule has 0 aliphatic carbocycles. The SMILES string of the molecule is CC[C@H]1OC(=O)N(Cc2ccc(C(F)(F)F)cc2)[C@@H]1C. The number of ether oxygens (including phenoxy) is 1. The summed E-state index contributed by atoms with van der Waals surface area (Å²) in [7, 11) is 0. The highest BCUT2D eigenvalue weighted by molar-refractivity contribution is 5.70. The van der Waals surface area contributed by atoms with E-state index in [2.05, 4.69) is 0 Å². The van der Waals surface area contributed by atoms with Crippen molar-refractivity contribution in [1.82, 2.24) is 4.90 Å². The maximum absolute atomic E-state index is 12.5. The normalized spacial score (nSPS) is 23.1. The van der Waals surface area contributed by atoms with Gasteiger partial charge >= 0.3 is 12.3 Å². The summed E-state index contributed by atoms with van der Waals surface area (Å²) in [5.41, 5.74) is -0.0386.